The highest BCUT2D eigenvalue weighted by molar-refractivity contribution is 6.42. The van der Waals surface area contributed by atoms with Gasteiger partial charge in [0.05, 0.1) is 22.5 Å². The second-order valence-electron chi connectivity index (χ2n) is 6.96. The molecule has 1 heterocycles. The average Bonchev–Trinajstić information content (AvgIpc) is 2.68. The van der Waals surface area contributed by atoms with Crippen LogP contribution < -0.4 is 0 Å². The molecule has 2 aromatic carbocycles. The van der Waals surface area contributed by atoms with E-state index in [0.29, 0.717) is 16.5 Å². The second-order valence-corrected chi connectivity index (χ2v) is 7.78. The zero-order valence-electron chi connectivity index (χ0n) is 15.9. The number of rotatable bonds is 6. The number of nitrogens with zero attached hydrogens (tertiary/aromatic N) is 2. The molecule has 0 radical (unpaired) electrons. The summed E-state index contributed by atoms with van der Waals surface area (Å²) < 4.78 is 0. The molecule has 3 nitrogen and oxygen atoms in total. The largest absolute Gasteiger partial charge is 0.334 e. The highest BCUT2D eigenvalue weighted by Crippen LogP contribution is 2.31. The summed E-state index contributed by atoms with van der Waals surface area (Å²) in [6, 6.07) is 14.0. The van der Waals surface area contributed by atoms with Gasteiger partial charge in [-0.1, -0.05) is 67.4 Å². The number of carbonyl (C=O) groups excluding carboxylic acids is 1. The van der Waals surface area contributed by atoms with Crippen LogP contribution in [0.1, 0.15) is 36.6 Å². The summed E-state index contributed by atoms with van der Waals surface area (Å²) in [5.74, 6) is 0.139. The number of benzene rings is 2. The Morgan fingerprint density at radius 3 is 2.56 bits per heavy atom. The van der Waals surface area contributed by atoms with Crippen molar-refractivity contribution in [3.05, 3.63) is 69.2 Å². The molecule has 0 spiro atoms. The van der Waals surface area contributed by atoms with Crippen LogP contribution in [-0.2, 0) is 17.6 Å². The molecule has 144 valence electrons. The van der Waals surface area contributed by atoms with E-state index in [1.165, 1.54) is 11.1 Å². The quantitative estimate of drug-likeness (QED) is 0.675. The highest BCUT2D eigenvalue weighted by Gasteiger charge is 2.31. The molecular weight excluding hydrogens is 379 g/mol. The SMILES string of the molecule is CCN(CC)CC1c2ccccc2CCN1C(=O)Cc1ccc(Cl)c(Cl)c1. The Morgan fingerprint density at radius 1 is 1.11 bits per heavy atom. The standard InChI is InChI=1S/C22H26Cl2N2O/c1-3-25(4-2)15-21-18-8-6-5-7-17(18)11-12-26(21)22(27)14-16-9-10-19(23)20(24)13-16/h5-10,13,21H,3-4,11-12,14-15H2,1-2H3. The molecule has 0 aliphatic carbocycles. The Hall–Kier alpha value is -1.55. The Bertz CT molecular complexity index is 805. The fraction of sp³-hybridized carbons (Fsp3) is 0.409. The molecule has 0 aromatic heterocycles. The van der Waals surface area contributed by atoms with Crippen molar-refractivity contribution in [2.75, 3.05) is 26.2 Å². The number of likely N-dealkylation sites (N-methyl/N-ethyl adjacent to an activating group) is 1. The highest BCUT2D eigenvalue weighted by atomic mass is 35.5. The number of carbonyl (C=O) groups is 1. The van der Waals surface area contributed by atoms with Crippen LogP contribution in [0.2, 0.25) is 10.0 Å². The molecule has 27 heavy (non-hydrogen) atoms. The van der Waals surface area contributed by atoms with Crippen molar-refractivity contribution in [1.82, 2.24) is 9.80 Å². The van der Waals surface area contributed by atoms with E-state index < -0.39 is 0 Å². The van der Waals surface area contributed by atoms with Crippen molar-refractivity contribution >= 4 is 29.1 Å². The van der Waals surface area contributed by atoms with Crippen molar-refractivity contribution in [2.24, 2.45) is 0 Å². The van der Waals surface area contributed by atoms with Gasteiger partial charge in [-0.25, -0.2) is 0 Å². The zero-order chi connectivity index (χ0) is 19.4. The third-order valence-corrected chi connectivity index (χ3v) is 6.14. The van der Waals surface area contributed by atoms with Gasteiger partial charge in [-0.15, -0.1) is 0 Å². The normalized spacial score (nSPS) is 16.5. The first-order valence-electron chi connectivity index (χ1n) is 9.57. The van der Waals surface area contributed by atoms with Gasteiger partial charge < -0.3 is 9.80 Å². The fourth-order valence-electron chi connectivity index (χ4n) is 3.80. The van der Waals surface area contributed by atoms with Crippen LogP contribution in [-0.4, -0.2) is 41.9 Å². The topological polar surface area (TPSA) is 23.6 Å². The van der Waals surface area contributed by atoms with Gasteiger partial charge in [-0.3, -0.25) is 4.79 Å². The lowest BCUT2D eigenvalue weighted by atomic mass is 9.91. The minimum atomic E-state index is 0.0881. The molecular formula is C22H26Cl2N2O. The predicted molar refractivity (Wildman–Crippen MR) is 113 cm³/mol. The van der Waals surface area contributed by atoms with Crippen LogP contribution in [0.4, 0.5) is 0 Å². The molecule has 5 heteroatoms. The fourth-order valence-corrected chi connectivity index (χ4v) is 4.12. The van der Waals surface area contributed by atoms with Crippen LogP contribution in [0, 0.1) is 0 Å². The summed E-state index contributed by atoms with van der Waals surface area (Å²) in [7, 11) is 0. The van der Waals surface area contributed by atoms with Crippen molar-refractivity contribution in [2.45, 2.75) is 32.7 Å². The Labute approximate surface area is 171 Å². The van der Waals surface area contributed by atoms with Gasteiger partial charge in [0.15, 0.2) is 0 Å². The van der Waals surface area contributed by atoms with Gasteiger partial charge >= 0.3 is 0 Å². The maximum absolute atomic E-state index is 13.2. The van der Waals surface area contributed by atoms with Crippen molar-refractivity contribution in [3.8, 4) is 0 Å². The van der Waals surface area contributed by atoms with E-state index in [-0.39, 0.29) is 11.9 Å². The summed E-state index contributed by atoms with van der Waals surface area (Å²) in [6.45, 7) is 7.90. The van der Waals surface area contributed by atoms with E-state index >= 15 is 0 Å². The zero-order valence-corrected chi connectivity index (χ0v) is 17.4. The van der Waals surface area contributed by atoms with E-state index in [4.69, 9.17) is 23.2 Å². The molecule has 1 aliphatic rings. The van der Waals surface area contributed by atoms with Gasteiger partial charge in [-0.2, -0.15) is 0 Å². The minimum Gasteiger partial charge on any atom is -0.334 e. The van der Waals surface area contributed by atoms with Crippen LogP contribution in [0.15, 0.2) is 42.5 Å². The van der Waals surface area contributed by atoms with E-state index in [9.17, 15) is 4.79 Å². The lowest BCUT2D eigenvalue weighted by Crippen LogP contribution is -2.45. The lowest BCUT2D eigenvalue weighted by molar-refractivity contribution is -0.133. The molecule has 2 aromatic rings. The van der Waals surface area contributed by atoms with Crippen molar-refractivity contribution < 1.29 is 4.79 Å². The first kappa shape index (κ1) is 20.2. The molecule has 0 N–H and O–H groups in total. The Balaban J connectivity index is 1.85. The van der Waals surface area contributed by atoms with Crippen LogP contribution in [0.5, 0.6) is 0 Å². The Kier molecular flexibility index (Phi) is 6.80. The molecule has 0 bridgehead atoms. The summed E-state index contributed by atoms with van der Waals surface area (Å²) in [6.07, 6.45) is 1.24. The summed E-state index contributed by atoms with van der Waals surface area (Å²) in [5, 5.41) is 1.00. The third-order valence-electron chi connectivity index (χ3n) is 5.40. The Morgan fingerprint density at radius 2 is 1.85 bits per heavy atom. The van der Waals surface area contributed by atoms with E-state index in [0.717, 1.165) is 38.2 Å². The predicted octanol–water partition coefficient (Wildman–Crippen LogP) is 5.00. The molecule has 1 atom stereocenters. The summed E-state index contributed by atoms with van der Waals surface area (Å²) in [4.78, 5) is 17.6. The third kappa shape index (κ3) is 4.66. The number of amides is 1. The van der Waals surface area contributed by atoms with Gasteiger partial charge in [0.25, 0.3) is 0 Å². The van der Waals surface area contributed by atoms with Crippen LogP contribution in [0.3, 0.4) is 0 Å². The minimum absolute atomic E-state index is 0.0881. The molecule has 0 fully saturated rings. The summed E-state index contributed by atoms with van der Waals surface area (Å²) in [5.41, 5.74) is 3.53. The first-order valence-corrected chi connectivity index (χ1v) is 10.3. The molecule has 0 saturated carbocycles. The molecule has 1 amide bonds. The molecule has 1 aliphatic heterocycles. The van der Waals surface area contributed by atoms with Gasteiger partial charge in [0.2, 0.25) is 5.91 Å². The average molecular weight is 405 g/mol. The maximum Gasteiger partial charge on any atom is 0.227 e. The number of hydrogen-bond acceptors (Lipinski definition) is 2. The maximum atomic E-state index is 13.2. The molecule has 1 unspecified atom stereocenters. The van der Waals surface area contributed by atoms with Gasteiger partial charge in [0, 0.05) is 13.1 Å². The number of hydrogen-bond donors (Lipinski definition) is 0. The summed E-state index contributed by atoms with van der Waals surface area (Å²) >= 11 is 12.1. The van der Waals surface area contributed by atoms with E-state index in [2.05, 4.69) is 43.0 Å². The van der Waals surface area contributed by atoms with Crippen molar-refractivity contribution in [3.63, 3.8) is 0 Å². The van der Waals surface area contributed by atoms with Gasteiger partial charge in [-0.05, 0) is 48.3 Å². The monoisotopic (exact) mass is 404 g/mol. The first-order chi connectivity index (χ1) is 13.0. The molecule has 3 rings (SSSR count). The van der Waals surface area contributed by atoms with E-state index in [1.54, 1.807) is 12.1 Å². The van der Waals surface area contributed by atoms with Crippen LogP contribution >= 0.6 is 23.2 Å². The second kappa shape index (κ2) is 9.09. The number of fused-ring (bicyclic) bond motifs is 1. The smallest absolute Gasteiger partial charge is 0.227 e. The molecule has 0 saturated heterocycles. The van der Waals surface area contributed by atoms with Crippen molar-refractivity contribution in [1.29, 1.82) is 0 Å². The van der Waals surface area contributed by atoms with Gasteiger partial charge in [0.1, 0.15) is 0 Å². The van der Waals surface area contributed by atoms with E-state index in [1.807, 2.05) is 11.0 Å². The number of halogens is 2. The van der Waals surface area contributed by atoms with Crippen LogP contribution in [0.25, 0.3) is 0 Å². The lowest BCUT2D eigenvalue weighted by Gasteiger charge is -2.40.